The Morgan fingerprint density at radius 1 is 1.38 bits per heavy atom. The van der Waals surface area contributed by atoms with E-state index in [-0.39, 0.29) is 5.02 Å². The fourth-order valence-electron chi connectivity index (χ4n) is 2.57. The van der Waals surface area contributed by atoms with E-state index in [0.717, 1.165) is 32.5 Å². The molecule has 1 aromatic heterocycles. The summed E-state index contributed by atoms with van der Waals surface area (Å²) in [5.74, 6) is 1.23. The van der Waals surface area contributed by atoms with Gasteiger partial charge in [-0.15, -0.1) is 5.10 Å². The predicted molar refractivity (Wildman–Crippen MR) is 80.8 cm³/mol. The standard InChI is InChI=1S/C14H17ClFN5/c15-12-10(2-1-3-11(12)16)13-18-14(20-19-13)21-6-4-9(8-17)5-7-21/h1-3,9H,4-8,17H2,(H,18,19,20). The van der Waals surface area contributed by atoms with E-state index in [0.29, 0.717) is 23.3 Å². The second-order valence-electron chi connectivity index (χ2n) is 5.25. The maximum Gasteiger partial charge on any atom is 0.245 e. The Balaban J connectivity index is 1.79. The molecular weight excluding hydrogens is 293 g/mol. The zero-order valence-electron chi connectivity index (χ0n) is 11.5. The van der Waals surface area contributed by atoms with Crippen molar-refractivity contribution in [3.05, 3.63) is 29.0 Å². The van der Waals surface area contributed by atoms with Crippen LogP contribution in [0.15, 0.2) is 18.2 Å². The van der Waals surface area contributed by atoms with Gasteiger partial charge in [0.05, 0.1) is 5.02 Å². The van der Waals surface area contributed by atoms with E-state index < -0.39 is 5.82 Å². The number of piperidine rings is 1. The summed E-state index contributed by atoms with van der Waals surface area (Å²) in [7, 11) is 0. The topological polar surface area (TPSA) is 70.8 Å². The van der Waals surface area contributed by atoms with Crippen molar-refractivity contribution >= 4 is 17.5 Å². The molecule has 3 N–H and O–H groups in total. The molecule has 0 aliphatic carbocycles. The molecule has 1 aliphatic heterocycles. The number of nitrogens with zero attached hydrogens (tertiary/aromatic N) is 3. The van der Waals surface area contributed by atoms with Crippen LogP contribution in [0.4, 0.5) is 10.3 Å². The molecule has 3 rings (SSSR count). The van der Waals surface area contributed by atoms with Gasteiger partial charge < -0.3 is 10.6 Å². The van der Waals surface area contributed by atoms with Crippen molar-refractivity contribution in [3.63, 3.8) is 0 Å². The first-order valence-electron chi connectivity index (χ1n) is 7.01. The molecule has 1 saturated heterocycles. The number of rotatable bonds is 3. The highest BCUT2D eigenvalue weighted by molar-refractivity contribution is 6.33. The summed E-state index contributed by atoms with van der Waals surface area (Å²) in [4.78, 5) is 6.54. The van der Waals surface area contributed by atoms with E-state index in [2.05, 4.69) is 20.1 Å². The molecule has 1 fully saturated rings. The molecule has 5 nitrogen and oxygen atoms in total. The number of anilines is 1. The molecule has 2 heterocycles. The number of H-pyrrole nitrogens is 1. The number of nitrogens with two attached hydrogens (primary N) is 1. The van der Waals surface area contributed by atoms with Gasteiger partial charge in [0.2, 0.25) is 5.95 Å². The smallest absolute Gasteiger partial charge is 0.245 e. The second-order valence-corrected chi connectivity index (χ2v) is 5.63. The van der Waals surface area contributed by atoms with E-state index in [9.17, 15) is 4.39 Å². The fourth-order valence-corrected chi connectivity index (χ4v) is 2.79. The van der Waals surface area contributed by atoms with Gasteiger partial charge in [0.1, 0.15) is 5.82 Å². The van der Waals surface area contributed by atoms with Gasteiger partial charge in [-0.25, -0.2) is 4.39 Å². The van der Waals surface area contributed by atoms with Crippen LogP contribution in [-0.2, 0) is 0 Å². The molecular formula is C14H17ClFN5. The predicted octanol–water partition coefficient (Wildman–Crippen LogP) is 2.44. The van der Waals surface area contributed by atoms with Gasteiger partial charge in [0.25, 0.3) is 0 Å². The third-order valence-electron chi connectivity index (χ3n) is 3.91. The molecule has 0 saturated carbocycles. The quantitative estimate of drug-likeness (QED) is 0.913. The molecule has 0 spiro atoms. The summed E-state index contributed by atoms with van der Waals surface area (Å²) in [6.07, 6.45) is 2.09. The second kappa shape index (κ2) is 5.99. The molecule has 0 bridgehead atoms. The van der Waals surface area contributed by atoms with Crippen LogP contribution in [0.1, 0.15) is 12.8 Å². The highest BCUT2D eigenvalue weighted by Gasteiger charge is 2.21. The van der Waals surface area contributed by atoms with E-state index in [1.165, 1.54) is 6.07 Å². The van der Waals surface area contributed by atoms with Crippen molar-refractivity contribution in [2.45, 2.75) is 12.8 Å². The molecule has 1 aromatic carbocycles. The minimum absolute atomic E-state index is 0.0574. The lowest BCUT2D eigenvalue weighted by molar-refractivity contribution is 0.411. The number of hydrogen-bond acceptors (Lipinski definition) is 4. The van der Waals surface area contributed by atoms with E-state index >= 15 is 0 Å². The molecule has 21 heavy (non-hydrogen) atoms. The first-order chi connectivity index (χ1) is 10.2. The molecule has 2 aromatic rings. The maximum atomic E-state index is 13.5. The van der Waals surface area contributed by atoms with E-state index in [1.807, 2.05) is 0 Å². The highest BCUT2D eigenvalue weighted by atomic mass is 35.5. The Kier molecular flexibility index (Phi) is 4.07. The Morgan fingerprint density at radius 3 is 2.86 bits per heavy atom. The van der Waals surface area contributed by atoms with Crippen molar-refractivity contribution in [2.24, 2.45) is 11.7 Å². The Morgan fingerprint density at radius 2 is 2.14 bits per heavy atom. The molecule has 0 atom stereocenters. The zero-order chi connectivity index (χ0) is 14.8. The minimum Gasteiger partial charge on any atom is -0.340 e. The SMILES string of the molecule is NCC1CCN(c2n[nH]c(-c3cccc(F)c3Cl)n2)CC1. The van der Waals surface area contributed by atoms with Crippen molar-refractivity contribution in [1.82, 2.24) is 15.2 Å². The molecule has 0 radical (unpaired) electrons. The van der Waals surface area contributed by atoms with Crippen LogP contribution >= 0.6 is 11.6 Å². The Hall–Kier alpha value is -1.66. The number of aromatic amines is 1. The number of nitrogens with one attached hydrogen (secondary N) is 1. The van der Waals surface area contributed by atoms with Crippen molar-refractivity contribution in [2.75, 3.05) is 24.5 Å². The molecule has 1 aliphatic rings. The third-order valence-corrected chi connectivity index (χ3v) is 4.30. The van der Waals surface area contributed by atoms with Crippen LogP contribution < -0.4 is 10.6 Å². The summed E-state index contributed by atoms with van der Waals surface area (Å²) in [6.45, 7) is 2.50. The lowest BCUT2D eigenvalue weighted by Gasteiger charge is -2.30. The molecule has 112 valence electrons. The van der Waals surface area contributed by atoms with Gasteiger partial charge in [-0.1, -0.05) is 17.7 Å². The lowest BCUT2D eigenvalue weighted by atomic mass is 9.97. The third kappa shape index (κ3) is 2.87. The van der Waals surface area contributed by atoms with Crippen LogP contribution in [0.25, 0.3) is 11.4 Å². The number of aromatic nitrogens is 3. The van der Waals surface area contributed by atoms with Gasteiger partial charge in [-0.2, -0.15) is 4.98 Å². The first-order valence-corrected chi connectivity index (χ1v) is 7.38. The highest BCUT2D eigenvalue weighted by Crippen LogP contribution is 2.29. The zero-order valence-corrected chi connectivity index (χ0v) is 12.3. The average molecular weight is 310 g/mol. The number of halogens is 2. The largest absolute Gasteiger partial charge is 0.340 e. The van der Waals surface area contributed by atoms with E-state index in [1.54, 1.807) is 12.1 Å². The van der Waals surface area contributed by atoms with Crippen LogP contribution in [0.2, 0.25) is 5.02 Å². The van der Waals surface area contributed by atoms with Crippen LogP contribution in [0.3, 0.4) is 0 Å². The number of benzene rings is 1. The fraction of sp³-hybridized carbons (Fsp3) is 0.429. The normalized spacial score (nSPS) is 16.4. The monoisotopic (exact) mass is 309 g/mol. The van der Waals surface area contributed by atoms with Crippen LogP contribution in [0.5, 0.6) is 0 Å². The maximum absolute atomic E-state index is 13.5. The van der Waals surface area contributed by atoms with Crippen molar-refractivity contribution < 1.29 is 4.39 Å². The van der Waals surface area contributed by atoms with Gasteiger partial charge in [-0.3, -0.25) is 5.10 Å². The Bertz CT molecular complexity index is 622. The first kappa shape index (κ1) is 14.3. The summed E-state index contributed by atoms with van der Waals surface area (Å²) in [5.41, 5.74) is 6.21. The lowest BCUT2D eigenvalue weighted by Crippen LogP contribution is -2.36. The van der Waals surface area contributed by atoms with Gasteiger partial charge in [0, 0.05) is 18.7 Å². The molecule has 0 amide bonds. The van der Waals surface area contributed by atoms with E-state index in [4.69, 9.17) is 17.3 Å². The molecule has 0 unspecified atom stereocenters. The summed E-state index contributed by atoms with van der Waals surface area (Å²) < 4.78 is 13.5. The van der Waals surface area contributed by atoms with Crippen molar-refractivity contribution in [1.29, 1.82) is 0 Å². The van der Waals surface area contributed by atoms with Crippen molar-refractivity contribution in [3.8, 4) is 11.4 Å². The minimum atomic E-state index is -0.462. The van der Waals surface area contributed by atoms with Crippen LogP contribution in [-0.4, -0.2) is 34.8 Å². The Labute approximate surface area is 127 Å². The van der Waals surface area contributed by atoms with Gasteiger partial charge in [0.15, 0.2) is 5.82 Å². The molecule has 7 heteroatoms. The number of hydrogen-bond donors (Lipinski definition) is 2. The summed E-state index contributed by atoms with van der Waals surface area (Å²) in [6, 6.07) is 4.64. The summed E-state index contributed by atoms with van der Waals surface area (Å²) >= 11 is 5.97. The van der Waals surface area contributed by atoms with Gasteiger partial charge >= 0.3 is 0 Å². The van der Waals surface area contributed by atoms with Gasteiger partial charge in [-0.05, 0) is 37.4 Å². The average Bonchev–Trinajstić information content (AvgIpc) is 3.00. The summed E-state index contributed by atoms with van der Waals surface area (Å²) in [5, 5.41) is 7.11. The van der Waals surface area contributed by atoms with Crippen LogP contribution in [0, 0.1) is 11.7 Å².